The number of fused-ring (bicyclic) bond motifs is 2. The maximum Gasteiger partial charge on any atom is 0.311 e. The number of hydrogen-bond donors (Lipinski definition) is 1. The molecular weight excluding hydrogens is 284 g/mol. The van der Waals surface area contributed by atoms with Gasteiger partial charge in [-0.2, -0.15) is 0 Å². The zero-order valence-corrected chi connectivity index (χ0v) is 13.2. The van der Waals surface area contributed by atoms with Gasteiger partial charge in [0.2, 0.25) is 0 Å². The van der Waals surface area contributed by atoms with E-state index in [0.717, 1.165) is 19.3 Å². The highest BCUT2D eigenvalue weighted by Gasteiger charge is 2.52. The first-order valence-electron chi connectivity index (χ1n) is 7.85. The van der Waals surface area contributed by atoms with E-state index in [4.69, 9.17) is 9.15 Å². The van der Waals surface area contributed by atoms with E-state index in [9.17, 15) is 9.59 Å². The Morgan fingerprint density at radius 1 is 1.36 bits per heavy atom. The lowest BCUT2D eigenvalue weighted by Crippen LogP contribution is -2.47. The van der Waals surface area contributed by atoms with E-state index in [0.29, 0.717) is 23.3 Å². The molecule has 1 heterocycles. The molecule has 0 spiro atoms. The lowest BCUT2D eigenvalue weighted by atomic mass is 9.84. The minimum absolute atomic E-state index is 0.0830. The van der Waals surface area contributed by atoms with Gasteiger partial charge in [0.1, 0.15) is 5.76 Å². The SMILES string of the molecule is COC(=O)[C@@H]1[C@H]2CC[C@@H](C2)[C@H]1NC(=O)c1ncoc1C(C)C. The third kappa shape index (κ3) is 2.40. The first kappa shape index (κ1) is 15.1. The molecule has 2 fully saturated rings. The molecule has 6 heteroatoms. The van der Waals surface area contributed by atoms with Crippen LogP contribution in [-0.4, -0.2) is 30.0 Å². The van der Waals surface area contributed by atoms with Gasteiger partial charge in [-0.1, -0.05) is 13.8 Å². The average Bonchev–Trinajstić information content (AvgIpc) is 3.21. The van der Waals surface area contributed by atoms with Crippen LogP contribution in [0.3, 0.4) is 0 Å². The van der Waals surface area contributed by atoms with Crippen molar-refractivity contribution in [3.8, 4) is 0 Å². The molecule has 4 atom stereocenters. The summed E-state index contributed by atoms with van der Waals surface area (Å²) >= 11 is 0. The van der Waals surface area contributed by atoms with E-state index in [1.807, 2.05) is 13.8 Å². The van der Waals surface area contributed by atoms with Crippen molar-refractivity contribution >= 4 is 11.9 Å². The van der Waals surface area contributed by atoms with Crippen LogP contribution < -0.4 is 5.32 Å². The summed E-state index contributed by atoms with van der Waals surface area (Å²) in [6, 6.07) is -0.157. The standard InChI is InChI=1S/C16H22N2O4/c1-8(2)14-13(17-7-22-14)15(19)18-12-10-5-4-9(6-10)11(12)16(20)21-3/h7-12H,4-6H2,1-3H3,(H,18,19)/t9-,10-,11+,12+/m0/s1. The van der Waals surface area contributed by atoms with Gasteiger partial charge in [0, 0.05) is 12.0 Å². The molecule has 0 saturated heterocycles. The molecular formula is C16H22N2O4. The zero-order valence-electron chi connectivity index (χ0n) is 13.2. The summed E-state index contributed by atoms with van der Waals surface area (Å²) in [7, 11) is 1.40. The Morgan fingerprint density at radius 2 is 2.09 bits per heavy atom. The second-order valence-electron chi connectivity index (χ2n) is 6.60. The van der Waals surface area contributed by atoms with E-state index < -0.39 is 0 Å². The third-order valence-electron chi connectivity index (χ3n) is 5.02. The van der Waals surface area contributed by atoms with Crippen molar-refractivity contribution in [1.29, 1.82) is 0 Å². The Labute approximate surface area is 129 Å². The predicted molar refractivity (Wildman–Crippen MR) is 78.2 cm³/mol. The van der Waals surface area contributed by atoms with Crippen molar-refractivity contribution in [3.63, 3.8) is 0 Å². The minimum atomic E-state index is -0.260. The fourth-order valence-electron chi connectivity index (χ4n) is 4.03. The van der Waals surface area contributed by atoms with Crippen LogP contribution in [0.4, 0.5) is 0 Å². The van der Waals surface area contributed by atoms with Crippen LogP contribution in [0.5, 0.6) is 0 Å². The number of esters is 1. The quantitative estimate of drug-likeness (QED) is 0.862. The van der Waals surface area contributed by atoms with Gasteiger partial charge in [0.15, 0.2) is 12.1 Å². The number of nitrogens with zero attached hydrogens (tertiary/aromatic N) is 1. The summed E-state index contributed by atoms with van der Waals surface area (Å²) in [5.41, 5.74) is 0.321. The Bertz CT molecular complexity index is 580. The number of rotatable bonds is 4. The van der Waals surface area contributed by atoms with Gasteiger partial charge in [0.05, 0.1) is 13.0 Å². The molecule has 0 radical (unpaired) electrons. The molecule has 2 aliphatic rings. The number of methoxy groups -OCH3 is 1. The first-order valence-corrected chi connectivity index (χ1v) is 7.85. The van der Waals surface area contributed by atoms with Gasteiger partial charge >= 0.3 is 5.97 Å². The molecule has 1 aromatic rings. The van der Waals surface area contributed by atoms with Gasteiger partial charge in [-0.25, -0.2) is 4.98 Å². The summed E-state index contributed by atoms with van der Waals surface area (Å²) in [5, 5.41) is 3.01. The number of amides is 1. The first-order chi connectivity index (χ1) is 10.5. The maximum absolute atomic E-state index is 12.5. The number of oxazole rings is 1. The lowest BCUT2D eigenvalue weighted by molar-refractivity contribution is -0.148. The number of carbonyl (C=O) groups is 2. The molecule has 6 nitrogen and oxygen atoms in total. The smallest absolute Gasteiger partial charge is 0.311 e. The molecule has 0 unspecified atom stereocenters. The van der Waals surface area contributed by atoms with E-state index >= 15 is 0 Å². The van der Waals surface area contributed by atoms with Crippen LogP contribution in [-0.2, 0) is 9.53 Å². The average molecular weight is 306 g/mol. The monoisotopic (exact) mass is 306 g/mol. The summed E-state index contributed by atoms with van der Waals surface area (Å²) in [6.07, 6.45) is 4.38. The van der Waals surface area contributed by atoms with Gasteiger partial charge in [-0.3, -0.25) is 9.59 Å². The molecule has 2 bridgehead atoms. The van der Waals surface area contributed by atoms with Gasteiger partial charge in [0.25, 0.3) is 5.91 Å². The van der Waals surface area contributed by atoms with Crippen molar-refractivity contribution in [2.75, 3.05) is 7.11 Å². The van der Waals surface area contributed by atoms with Crippen LogP contribution in [0.25, 0.3) is 0 Å². The number of hydrogen-bond acceptors (Lipinski definition) is 5. The van der Waals surface area contributed by atoms with Crippen molar-refractivity contribution in [2.24, 2.45) is 17.8 Å². The van der Waals surface area contributed by atoms with Gasteiger partial charge in [-0.05, 0) is 31.1 Å². The largest absolute Gasteiger partial charge is 0.469 e. The number of nitrogens with one attached hydrogen (secondary N) is 1. The van der Waals surface area contributed by atoms with Crippen LogP contribution in [0.1, 0.15) is 55.3 Å². The molecule has 1 amide bonds. The Balaban J connectivity index is 1.78. The van der Waals surface area contributed by atoms with E-state index in [2.05, 4.69) is 10.3 Å². The topological polar surface area (TPSA) is 81.4 Å². The second-order valence-corrected chi connectivity index (χ2v) is 6.60. The molecule has 0 aromatic carbocycles. The zero-order chi connectivity index (χ0) is 15.9. The number of ether oxygens (including phenoxy) is 1. The second kappa shape index (κ2) is 5.74. The van der Waals surface area contributed by atoms with Crippen LogP contribution in [0.2, 0.25) is 0 Å². The third-order valence-corrected chi connectivity index (χ3v) is 5.02. The van der Waals surface area contributed by atoms with Crippen molar-refractivity contribution in [2.45, 2.75) is 45.1 Å². The molecule has 0 aliphatic heterocycles. The Kier molecular flexibility index (Phi) is 3.93. The lowest BCUT2D eigenvalue weighted by Gasteiger charge is -2.29. The molecule has 120 valence electrons. The Hall–Kier alpha value is -1.85. The summed E-state index contributed by atoms with van der Waals surface area (Å²) in [5.74, 6) is 0.625. The van der Waals surface area contributed by atoms with Crippen LogP contribution in [0, 0.1) is 17.8 Å². The molecule has 1 aromatic heterocycles. The van der Waals surface area contributed by atoms with Crippen molar-refractivity contribution in [3.05, 3.63) is 17.8 Å². The highest BCUT2D eigenvalue weighted by molar-refractivity contribution is 5.94. The Morgan fingerprint density at radius 3 is 2.77 bits per heavy atom. The van der Waals surface area contributed by atoms with Crippen molar-refractivity contribution in [1.82, 2.24) is 10.3 Å². The normalized spacial score (nSPS) is 29.8. The van der Waals surface area contributed by atoms with Crippen molar-refractivity contribution < 1.29 is 18.7 Å². The molecule has 2 aliphatic carbocycles. The molecule has 1 N–H and O–H groups in total. The molecule has 2 saturated carbocycles. The maximum atomic E-state index is 12.5. The van der Waals surface area contributed by atoms with E-state index in [1.54, 1.807) is 0 Å². The van der Waals surface area contributed by atoms with E-state index in [1.165, 1.54) is 13.5 Å². The summed E-state index contributed by atoms with van der Waals surface area (Å²) in [4.78, 5) is 28.6. The van der Waals surface area contributed by atoms with Gasteiger partial charge in [-0.15, -0.1) is 0 Å². The summed E-state index contributed by atoms with van der Waals surface area (Å²) in [6.45, 7) is 3.90. The minimum Gasteiger partial charge on any atom is -0.469 e. The van der Waals surface area contributed by atoms with Crippen LogP contribution in [0.15, 0.2) is 10.8 Å². The summed E-state index contributed by atoms with van der Waals surface area (Å²) < 4.78 is 10.2. The van der Waals surface area contributed by atoms with E-state index in [-0.39, 0.29) is 29.8 Å². The number of aromatic nitrogens is 1. The number of carbonyl (C=O) groups excluding carboxylic acids is 2. The fourth-order valence-corrected chi connectivity index (χ4v) is 4.03. The highest BCUT2D eigenvalue weighted by Crippen LogP contribution is 2.49. The van der Waals surface area contributed by atoms with Gasteiger partial charge < -0.3 is 14.5 Å². The molecule has 22 heavy (non-hydrogen) atoms. The van der Waals surface area contributed by atoms with Crippen LogP contribution >= 0.6 is 0 Å². The highest BCUT2D eigenvalue weighted by atomic mass is 16.5. The molecule has 3 rings (SSSR count). The fraction of sp³-hybridized carbons (Fsp3) is 0.688. The predicted octanol–water partition coefficient (Wildman–Crippen LogP) is 2.12.